The number of halogens is 2. The van der Waals surface area contributed by atoms with Crippen LogP contribution in [-0.4, -0.2) is 47.4 Å². The molecule has 0 radical (unpaired) electrons. The molecule has 2 aromatic carbocycles. The number of hydrogen-bond donors (Lipinski definition) is 3. The van der Waals surface area contributed by atoms with Gasteiger partial charge in [-0.1, -0.05) is 27.7 Å². The average Bonchev–Trinajstić information content (AvgIpc) is 2.87. The third-order valence-corrected chi connectivity index (χ3v) is 6.99. The molecule has 1 aliphatic heterocycles. The van der Waals surface area contributed by atoms with Crippen LogP contribution < -0.4 is 21.1 Å². The fourth-order valence-corrected chi connectivity index (χ4v) is 4.45. The molecule has 1 heterocycles. The standard InChI is InChI=1S/C30H38FN3O6.ClH/c1-15(2)23(32)28(37)33-24(16(3)4)29(38)39-26-25(34-27(36)18-8-11-20(31)12-9-18)21-14-19(17(5)35)10-13-22(21)40-30(26,6)7;/h8-16,23-26H,32H2,1-7H3,(H,33,37)(H,34,36);1H/t23-,24-,25-,26+;/m0./s1. The van der Waals surface area contributed by atoms with Crippen molar-refractivity contribution in [2.45, 2.75) is 78.3 Å². The van der Waals surface area contributed by atoms with E-state index in [2.05, 4.69) is 10.6 Å². The van der Waals surface area contributed by atoms with Gasteiger partial charge in [0, 0.05) is 16.7 Å². The van der Waals surface area contributed by atoms with Crippen LogP contribution in [0.25, 0.3) is 0 Å². The van der Waals surface area contributed by atoms with Crippen molar-refractivity contribution in [3.05, 3.63) is 65.0 Å². The number of nitrogens with two attached hydrogens (primary N) is 1. The Kier molecular flexibility index (Phi) is 11.0. The Bertz CT molecular complexity index is 1280. The molecule has 0 saturated heterocycles. The predicted molar refractivity (Wildman–Crippen MR) is 154 cm³/mol. The van der Waals surface area contributed by atoms with Crippen LogP contribution in [0.4, 0.5) is 4.39 Å². The molecule has 0 saturated carbocycles. The van der Waals surface area contributed by atoms with Crippen molar-refractivity contribution in [2.75, 3.05) is 0 Å². The molecule has 0 aromatic heterocycles. The van der Waals surface area contributed by atoms with E-state index in [0.29, 0.717) is 16.9 Å². The molecule has 3 rings (SSSR count). The minimum Gasteiger partial charge on any atom is -0.484 e. The van der Waals surface area contributed by atoms with Crippen molar-refractivity contribution in [3.63, 3.8) is 0 Å². The van der Waals surface area contributed by atoms with Gasteiger partial charge in [0.05, 0.1) is 12.1 Å². The monoisotopic (exact) mass is 591 g/mol. The number of ketones is 1. The second kappa shape index (κ2) is 13.4. The molecule has 4 N–H and O–H groups in total. The maximum atomic E-state index is 13.6. The summed E-state index contributed by atoms with van der Waals surface area (Å²) in [5, 5.41) is 5.59. The zero-order valence-electron chi connectivity index (χ0n) is 24.3. The molecule has 4 atom stereocenters. The summed E-state index contributed by atoms with van der Waals surface area (Å²) < 4.78 is 25.7. The van der Waals surface area contributed by atoms with Crippen LogP contribution in [-0.2, 0) is 14.3 Å². The van der Waals surface area contributed by atoms with Crippen molar-refractivity contribution < 1.29 is 33.0 Å². The van der Waals surface area contributed by atoms with Gasteiger partial charge in [0.25, 0.3) is 5.91 Å². The lowest BCUT2D eigenvalue weighted by Crippen LogP contribution is -2.58. The largest absolute Gasteiger partial charge is 0.484 e. The summed E-state index contributed by atoms with van der Waals surface area (Å²) in [6.07, 6.45) is -1.07. The minimum absolute atomic E-state index is 0. The minimum atomic E-state index is -1.14. The second-order valence-electron chi connectivity index (χ2n) is 11.3. The molecule has 11 heteroatoms. The molecule has 1 aliphatic rings. The van der Waals surface area contributed by atoms with Gasteiger partial charge in [-0.3, -0.25) is 14.4 Å². The number of esters is 1. The predicted octanol–water partition coefficient (Wildman–Crippen LogP) is 4.13. The van der Waals surface area contributed by atoms with Crippen molar-refractivity contribution in [1.82, 2.24) is 10.6 Å². The first-order chi connectivity index (χ1) is 18.6. The van der Waals surface area contributed by atoms with E-state index < -0.39 is 53.4 Å². The molecule has 0 unspecified atom stereocenters. The molecule has 2 aromatic rings. The Morgan fingerprint density at radius 3 is 2.10 bits per heavy atom. The lowest BCUT2D eigenvalue weighted by atomic mass is 9.85. The fourth-order valence-electron chi connectivity index (χ4n) is 4.45. The molecule has 0 bridgehead atoms. The number of rotatable bonds is 9. The van der Waals surface area contributed by atoms with Crippen LogP contribution in [0.15, 0.2) is 42.5 Å². The molecule has 9 nitrogen and oxygen atoms in total. The van der Waals surface area contributed by atoms with E-state index in [9.17, 15) is 23.6 Å². The van der Waals surface area contributed by atoms with E-state index in [1.165, 1.54) is 31.2 Å². The Morgan fingerprint density at radius 1 is 0.976 bits per heavy atom. The van der Waals surface area contributed by atoms with Crippen molar-refractivity contribution in [3.8, 4) is 5.75 Å². The summed E-state index contributed by atoms with van der Waals surface area (Å²) >= 11 is 0. The van der Waals surface area contributed by atoms with Crippen LogP contribution in [0, 0.1) is 17.7 Å². The molecule has 0 spiro atoms. The summed E-state index contributed by atoms with van der Waals surface area (Å²) in [4.78, 5) is 51.7. The summed E-state index contributed by atoms with van der Waals surface area (Å²) in [6, 6.07) is 7.07. The average molecular weight is 592 g/mol. The van der Waals surface area contributed by atoms with Crippen molar-refractivity contribution >= 4 is 36.0 Å². The van der Waals surface area contributed by atoms with Gasteiger partial charge in [-0.2, -0.15) is 0 Å². The van der Waals surface area contributed by atoms with Crippen LogP contribution in [0.5, 0.6) is 5.75 Å². The molecular formula is C30H39ClFN3O6. The lowest BCUT2D eigenvalue weighted by molar-refractivity contribution is -0.169. The zero-order chi connectivity index (χ0) is 29.9. The number of hydrogen-bond acceptors (Lipinski definition) is 7. The van der Waals surface area contributed by atoms with E-state index in [-0.39, 0.29) is 35.6 Å². The summed E-state index contributed by atoms with van der Waals surface area (Å²) in [5.41, 5.74) is 5.85. The maximum Gasteiger partial charge on any atom is 0.329 e. The lowest BCUT2D eigenvalue weighted by Gasteiger charge is -2.44. The molecule has 0 fully saturated rings. The first kappa shape index (κ1) is 33.7. The summed E-state index contributed by atoms with van der Waals surface area (Å²) in [6.45, 7) is 12.0. The van der Waals surface area contributed by atoms with Gasteiger partial charge in [0.1, 0.15) is 23.2 Å². The number of amides is 2. The first-order valence-electron chi connectivity index (χ1n) is 13.3. The SMILES string of the molecule is CC(=O)c1ccc2c(c1)[C@H](NC(=O)c1ccc(F)cc1)[C@@H](OC(=O)[C@@H](NC(=O)[C@@H](N)C(C)C)C(C)C)C(C)(C)O2.Cl. The van der Waals surface area contributed by atoms with Crippen LogP contribution in [0.3, 0.4) is 0 Å². The molecular weight excluding hydrogens is 553 g/mol. The van der Waals surface area contributed by atoms with E-state index in [1.807, 2.05) is 0 Å². The van der Waals surface area contributed by atoms with Gasteiger partial charge < -0.3 is 25.8 Å². The Morgan fingerprint density at radius 2 is 1.56 bits per heavy atom. The highest BCUT2D eigenvalue weighted by molar-refractivity contribution is 5.96. The van der Waals surface area contributed by atoms with Crippen molar-refractivity contribution in [1.29, 1.82) is 0 Å². The Hall–Kier alpha value is -3.50. The number of carbonyl (C=O) groups excluding carboxylic acids is 4. The second-order valence-corrected chi connectivity index (χ2v) is 11.3. The topological polar surface area (TPSA) is 137 Å². The summed E-state index contributed by atoms with van der Waals surface area (Å²) in [7, 11) is 0. The number of nitrogens with one attached hydrogen (secondary N) is 2. The molecule has 2 amide bonds. The zero-order valence-corrected chi connectivity index (χ0v) is 25.1. The van der Waals surface area contributed by atoms with E-state index >= 15 is 0 Å². The fraction of sp³-hybridized carbons (Fsp3) is 0.467. The van der Waals surface area contributed by atoms with E-state index in [0.717, 1.165) is 0 Å². The summed E-state index contributed by atoms with van der Waals surface area (Å²) in [5.74, 6) is -2.53. The van der Waals surface area contributed by atoms with Crippen molar-refractivity contribution in [2.24, 2.45) is 17.6 Å². The van der Waals surface area contributed by atoms with Crippen LogP contribution in [0.2, 0.25) is 0 Å². The molecule has 224 valence electrons. The highest BCUT2D eigenvalue weighted by atomic mass is 35.5. The number of fused-ring (bicyclic) bond motifs is 1. The Balaban J connectivity index is 0.00000588. The van der Waals surface area contributed by atoms with E-state index in [1.54, 1.807) is 59.7 Å². The number of benzene rings is 2. The quantitative estimate of drug-likeness (QED) is 0.294. The van der Waals surface area contributed by atoms with Gasteiger partial charge in [-0.15, -0.1) is 12.4 Å². The highest BCUT2D eigenvalue weighted by Crippen LogP contribution is 2.42. The van der Waals surface area contributed by atoms with Gasteiger partial charge in [0.2, 0.25) is 5.91 Å². The van der Waals surface area contributed by atoms with Crippen LogP contribution >= 0.6 is 12.4 Å². The smallest absolute Gasteiger partial charge is 0.329 e. The highest BCUT2D eigenvalue weighted by Gasteiger charge is 2.48. The first-order valence-corrected chi connectivity index (χ1v) is 13.3. The normalized spacial score (nSPS) is 18.7. The number of Topliss-reactive ketones (excluding diaryl/α,β-unsaturated/α-hetero) is 1. The van der Waals surface area contributed by atoms with E-state index in [4.69, 9.17) is 15.2 Å². The maximum absolute atomic E-state index is 13.6. The molecule has 0 aliphatic carbocycles. The van der Waals surface area contributed by atoms with Gasteiger partial charge >= 0.3 is 5.97 Å². The van der Waals surface area contributed by atoms with Gasteiger partial charge in [0.15, 0.2) is 11.9 Å². The van der Waals surface area contributed by atoms with Gasteiger partial charge in [-0.25, -0.2) is 9.18 Å². The van der Waals surface area contributed by atoms with Crippen LogP contribution in [0.1, 0.15) is 80.8 Å². The molecule has 41 heavy (non-hydrogen) atoms. The third-order valence-electron chi connectivity index (χ3n) is 6.99. The third kappa shape index (κ3) is 7.83. The number of carbonyl (C=O) groups is 4. The Labute approximate surface area is 246 Å². The van der Waals surface area contributed by atoms with Gasteiger partial charge in [-0.05, 0) is 75.1 Å². The number of ether oxygens (including phenoxy) is 2.